The van der Waals surface area contributed by atoms with Gasteiger partial charge in [-0.15, -0.1) is 0 Å². The maximum atomic E-state index is 11.5. The van der Waals surface area contributed by atoms with Crippen molar-refractivity contribution in [3.8, 4) is 0 Å². The van der Waals surface area contributed by atoms with Gasteiger partial charge in [0, 0.05) is 24.6 Å². The quantitative estimate of drug-likeness (QED) is 0.441. The number of carbonyl (C=O) groups is 2. The van der Waals surface area contributed by atoms with E-state index in [4.69, 9.17) is 9.78 Å². The summed E-state index contributed by atoms with van der Waals surface area (Å²) in [5, 5.41) is 0. The van der Waals surface area contributed by atoms with Gasteiger partial charge in [0.15, 0.2) is 0 Å². The second kappa shape index (κ2) is 6.85. The average Bonchev–Trinajstić information content (AvgIpc) is 2.80. The molecule has 0 spiro atoms. The number of amides is 2. The predicted molar refractivity (Wildman–Crippen MR) is 81.5 cm³/mol. The maximum Gasteiger partial charge on any atom is 0.253 e. The first-order valence-electron chi connectivity index (χ1n) is 7.30. The van der Waals surface area contributed by atoms with Crippen LogP contribution in [0.4, 0.5) is 0 Å². The topological polar surface area (TPSA) is 55.8 Å². The molecule has 0 bridgehead atoms. The van der Waals surface area contributed by atoms with E-state index in [1.165, 1.54) is 17.1 Å². The zero-order chi connectivity index (χ0) is 16.2. The first-order valence-corrected chi connectivity index (χ1v) is 7.30. The number of benzene rings is 1. The van der Waals surface area contributed by atoms with Crippen molar-refractivity contribution in [2.24, 2.45) is 5.92 Å². The highest BCUT2D eigenvalue weighted by Gasteiger charge is 2.26. The summed E-state index contributed by atoms with van der Waals surface area (Å²) in [4.78, 5) is 35.0. The monoisotopic (exact) mass is 303 g/mol. The number of nitrogens with zero attached hydrogens (tertiary/aromatic N) is 1. The molecule has 1 atom stereocenters. The SMILES string of the molecule is CC(COOC(C)(C)c1ccccc1)CN1C(=O)C=CC1=O. The number of hydrogen-bond donors (Lipinski definition) is 0. The summed E-state index contributed by atoms with van der Waals surface area (Å²) >= 11 is 0. The molecule has 1 aromatic carbocycles. The normalized spacial score (nSPS) is 16.4. The smallest absolute Gasteiger partial charge is 0.253 e. The Bertz CT molecular complexity index is 547. The third-order valence-electron chi connectivity index (χ3n) is 3.48. The van der Waals surface area contributed by atoms with Crippen molar-refractivity contribution in [1.29, 1.82) is 0 Å². The van der Waals surface area contributed by atoms with Crippen LogP contribution in [0, 0.1) is 5.92 Å². The van der Waals surface area contributed by atoms with E-state index < -0.39 is 5.60 Å². The van der Waals surface area contributed by atoms with Crippen LogP contribution in [0.25, 0.3) is 0 Å². The average molecular weight is 303 g/mol. The first-order chi connectivity index (χ1) is 10.4. The van der Waals surface area contributed by atoms with E-state index in [1.54, 1.807) is 0 Å². The molecule has 2 rings (SSSR count). The second-order valence-corrected chi connectivity index (χ2v) is 5.97. The van der Waals surface area contributed by atoms with Crippen molar-refractivity contribution in [2.45, 2.75) is 26.4 Å². The molecule has 0 N–H and O–H groups in total. The predicted octanol–water partition coefficient (Wildman–Crippen LogP) is 2.43. The summed E-state index contributed by atoms with van der Waals surface area (Å²) in [6.45, 7) is 6.36. The summed E-state index contributed by atoms with van der Waals surface area (Å²) < 4.78 is 0. The molecule has 5 nitrogen and oxygen atoms in total. The Morgan fingerprint density at radius 1 is 1.09 bits per heavy atom. The van der Waals surface area contributed by atoms with E-state index in [1.807, 2.05) is 51.1 Å². The number of rotatable bonds is 7. The molecule has 1 aliphatic rings. The van der Waals surface area contributed by atoms with E-state index in [0.29, 0.717) is 13.2 Å². The minimum atomic E-state index is -0.568. The fraction of sp³-hybridized carbons (Fsp3) is 0.412. The fourth-order valence-corrected chi connectivity index (χ4v) is 2.16. The molecule has 0 radical (unpaired) electrons. The second-order valence-electron chi connectivity index (χ2n) is 5.97. The third-order valence-corrected chi connectivity index (χ3v) is 3.48. The van der Waals surface area contributed by atoms with Crippen LogP contribution in [0.2, 0.25) is 0 Å². The molecule has 5 heteroatoms. The molecule has 2 amide bonds. The number of hydrogen-bond acceptors (Lipinski definition) is 4. The highest BCUT2D eigenvalue weighted by atomic mass is 17.2. The lowest BCUT2D eigenvalue weighted by Crippen LogP contribution is -2.35. The molecule has 22 heavy (non-hydrogen) atoms. The van der Waals surface area contributed by atoms with Gasteiger partial charge in [0.05, 0.1) is 6.61 Å². The van der Waals surface area contributed by atoms with Crippen LogP contribution in [-0.4, -0.2) is 29.9 Å². The van der Waals surface area contributed by atoms with Gasteiger partial charge in [-0.25, -0.2) is 9.78 Å². The first kappa shape index (κ1) is 16.4. The van der Waals surface area contributed by atoms with E-state index >= 15 is 0 Å². The van der Waals surface area contributed by atoms with Crippen LogP contribution in [0.5, 0.6) is 0 Å². The van der Waals surface area contributed by atoms with Gasteiger partial charge in [-0.05, 0) is 19.4 Å². The van der Waals surface area contributed by atoms with Crippen LogP contribution in [-0.2, 0) is 25.0 Å². The minimum Gasteiger partial charge on any atom is -0.275 e. The van der Waals surface area contributed by atoms with Gasteiger partial charge < -0.3 is 0 Å². The van der Waals surface area contributed by atoms with Crippen LogP contribution in [0.3, 0.4) is 0 Å². The molecule has 0 aromatic heterocycles. The molecule has 0 fully saturated rings. The van der Waals surface area contributed by atoms with Gasteiger partial charge >= 0.3 is 0 Å². The molecule has 1 aliphatic heterocycles. The van der Waals surface area contributed by atoms with E-state index in [-0.39, 0.29) is 17.7 Å². The van der Waals surface area contributed by atoms with Crippen LogP contribution >= 0.6 is 0 Å². The zero-order valence-electron chi connectivity index (χ0n) is 13.1. The molecule has 0 saturated heterocycles. The molecule has 1 unspecified atom stereocenters. The number of imide groups is 1. The number of carbonyl (C=O) groups excluding carboxylic acids is 2. The Kier molecular flexibility index (Phi) is 5.11. The van der Waals surface area contributed by atoms with Gasteiger partial charge in [-0.2, -0.15) is 0 Å². The van der Waals surface area contributed by atoms with E-state index in [9.17, 15) is 9.59 Å². The molecule has 0 aliphatic carbocycles. The van der Waals surface area contributed by atoms with Gasteiger partial charge in [0.25, 0.3) is 11.8 Å². The van der Waals surface area contributed by atoms with Gasteiger partial charge in [-0.3, -0.25) is 14.5 Å². The Balaban J connectivity index is 1.78. The van der Waals surface area contributed by atoms with Crippen LogP contribution in [0.1, 0.15) is 26.3 Å². The molecule has 1 heterocycles. The van der Waals surface area contributed by atoms with E-state index in [2.05, 4.69) is 0 Å². The summed E-state index contributed by atoms with van der Waals surface area (Å²) in [6.07, 6.45) is 2.57. The van der Waals surface area contributed by atoms with Crippen molar-refractivity contribution < 1.29 is 19.4 Å². The lowest BCUT2D eigenvalue weighted by molar-refractivity contribution is -0.362. The Hall–Kier alpha value is -1.98. The standard InChI is InChI=1S/C17H21NO4/c1-13(11-18-15(19)9-10-16(18)20)12-21-22-17(2,3)14-7-5-4-6-8-14/h4-10,13H,11-12H2,1-3H3. The third kappa shape index (κ3) is 4.02. The maximum absolute atomic E-state index is 11.5. The highest BCUT2D eigenvalue weighted by Crippen LogP contribution is 2.24. The summed E-state index contributed by atoms with van der Waals surface area (Å²) in [5.74, 6) is -0.566. The van der Waals surface area contributed by atoms with Crippen molar-refractivity contribution in [2.75, 3.05) is 13.2 Å². The highest BCUT2D eigenvalue weighted by molar-refractivity contribution is 6.12. The Morgan fingerprint density at radius 2 is 1.68 bits per heavy atom. The van der Waals surface area contributed by atoms with Crippen LogP contribution < -0.4 is 0 Å². The van der Waals surface area contributed by atoms with Gasteiger partial charge in [-0.1, -0.05) is 37.3 Å². The summed E-state index contributed by atoms with van der Waals surface area (Å²) in [5.41, 5.74) is 0.443. The molecular formula is C17H21NO4. The van der Waals surface area contributed by atoms with Crippen molar-refractivity contribution >= 4 is 11.8 Å². The molecular weight excluding hydrogens is 282 g/mol. The Morgan fingerprint density at radius 3 is 2.27 bits per heavy atom. The van der Waals surface area contributed by atoms with Crippen LogP contribution in [0.15, 0.2) is 42.5 Å². The fourth-order valence-electron chi connectivity index (χ4n) is 2.16. The van der Waals surface area contributed by atoms with E-state index in [0.717, 1.165) is 5.56 Å². The van der Waals surface area contributed by atoms with Crippen molar-refractivity contribution in [3.05, 3.63) is 48.0 Å². The lowest BCUT2D eigenvalue weighted by atomic mass is 9.99. The molecule has 0 saturated carbocycles. The summed E-state index contributed by atoms with van der Waals surface area (Å²) in [7, 11) is 0. The molecule has 118 valence electrons. The summed E-state index contributed by atoms with van der Waals surface area (Å²) in [6, 6.07) is 9.78. The van der Waals surface area contributed by atoms with Crippen molar-refractivity contribution in [3.63, 3.8) is 0 Å². The molecule has 1 aromatic rings. The van der Waals surface area contributed by atoms with Gasteiger partial charge in [0.1, 0.15) is 5.60 Å². The van der Waals surface area contributed by atoms with Crippen molar-refractivity contribution in [1.82, 2.24) is 4.90 Å². The largest absolute Gasteiger partial charge is 0.275 e. The zero-order valence-corrected chi connectivity index (χ0v) is 13.1. The minimum absolute atomic E-state index is 0.0145. The lowest BCUT2D eigenvalue weighted by Gasteiger charge is -2.25. The van der Waals surface area contributed by atoms with Gasteiger partial charge in [0.2, 0.25) is 0 Å². The Labute approximate surface area is 130 Å².